The first-order valence-electron chi connectivity index (χ1n) is 14.4. The Morgan fingerprint density at radius 3 is 2.51 bits per heavy atom. The first-order valence-corrected chi connectivity index (χ1v) is 14.8. The fourth-order valence-electron chi connectivity index (χ4n) is 5.47. The van der Waals surface area contributed by atoms with Gasteiger partial charge in [0.05, 0.1) is 40.1 Å². The molecule has 0 radical (unpaired) electrons. The van der Waals surface area contributed by atoms with Gasteiger partial charge in [-0.25, -0.2) is 4.68 Å². The Labute approximate surface area is 247 Å². The molecule has 1 fully saturated rings. The zero-order valence-corrected chi connectivity index (χ0v) is 25.3. The summed E-state index contributed by atoms with van der Waals surface area (Å²) in [5, 5.41) is 27.5. The summed E-state index contributed by atoms with van der Waals surface area (Å²) in [5.74, 6) is 0. The van der Waals surface area contributed by atoms with Crippen molar-refractivity contribution in [1.82, 2.24) is 24.9 Å². The molecule has 2 aromatic carbocycles. The predicted molar refractivity (Wildman–Crippen MR) is 166 cm³/mol. The van der Waals surface area contributed by atoms with Crippen LogP contribution in [0, 0.1) is 11.3 Å². The van der Waals surface area contributed by atoms with E-state index in [0.717, 1.165) is 60.4 Å². The lowest BCUT2D eigenvalue weighted by Gasteiger charge is -2.40. The summed E-state index contributed by atoms with van der Waals surface area (Å²) in [7, 11) is 0. The number of nitriles is 1. The average Bonchev–Trinajstić information content (AvgIpc) is 3.46. The van der Waals surface area contributed by atoms with E-state index in [-0.39, 0.29) is 17.6 Å². The number of aromatic nitrogens is 4. The lowest BCUT2D eigenvalue weighted by Crippen LogP contribution is -2.46. The molecule has 0 saturated carbocycles. The molecule has 3 heterocycles. The molecule has 5 rings (SSSR count). The van der Waals surface area contributed by atoms with E-state index in [9.17, 15) is 5.26 Å². The summed E-state index contributed by atoms with van der Waals surface area (Å²) < 4.78 is 2.04. The second-order valence-corrected chi connectivity index (χ2v) is 12.4. The SMILES string of the molecule is CC[C@@H](C)Nc1c(C#N)cnc2c(Cl)cc(N[C@@H](c3ccccc3)c3cn(C4CCN(C(C)(C)C)CC4)nn3)cc12. The van der Waals surface area contributed by atoms with Crippen LogP contribution in [0.3, 0.4) is 0 Å². The van der Waals surface area contributed by atoms with Gasteiger partial charge in [0.1, 0.15) is 11.8 Å². The summed E-state index contributed by atoms with van der Waals surface area (Å²) in [6.45, 7) is 13.1. The van der Waals surface area contributed by atoms with Gasteiger partial charge in [-0.1, -0.05) is 54.1 Å². The van der Waals surface area contributed by atoms with Gasteiger partial charge in [-0.05, 0) is 64.7 Å². The molecule has 2 aromatic heterocycles. The van der Waals surface area contributed by atoms with E-state index in [1.54, 1.807) is 6.20 Å². The lowest BCUT2D eigenvalue weighted by atomic mass is 9.98. The molecular weight excluding hydrogens is 532 g/mol. The van der Waals surface area contributed by atoms with Gasteiger partial charge < -0.3 is 10.6 Å². The van der Waals surface area contributed by atoms with Gasteiger partial charge in [0, 0.05) is 41.9 Å². The third-order valence-electron chi connectivity index (χ3n) is 8.10. The molecule has 9 heteroatoms. The smallest absolute Gasteiger partial charge is 0.109 e. The molecule has 41 heavy (non-hydrogen) atoms. The molecular formula is C32H39ClN8. The van der Waals surface area contributed by atoms with Crippen LogP contribution in [0.4, 0.5) is 11.4 Å². The average molecular weight is 571 g/mol. The largest absolute Gasteiger partial charge is 0.381 e. The Bertz CT molecular complexity index is 1530. The fraction of sp³-hybridized carbons (Fsp3) is 0.438. The minimum absolute atomic E-state index is 0.176. The Hall–Kier alpha value is -3.67. The number of halogens is 1. The summed E-state index contributed by atoms with van der Waals surface area (Å²) in [4.78, 5) is 7.04. The van der Waals surface area contributed by atoms with Crippen LogP contribution in [0.25, 0.3) is 10.9 Å². The van der Waals surface area contributed by atoms with Crippen LogP contribution in [0.1, 0.15) is 82.8 Å². The Kier molecular flexibility index (Phi) is 8.48. The molecule has 0 unspecified atom stereocenters. The predicted octanol–water partition coefficient (Wildman–Crippen LogP) is 7.20. The van der Waals surface area contributed by atoms with Crippen molar-refractivity contribution in [3.05, 3.63) is 76.7 Å². The van der Waals surface area contributed by atoms with Gasteiger partial charge in [0.25, 0.3) is 0 Å². The van der Waals surface area contributed by atoms with Crippen LogP contribution >= 0.6 is 11.6 Å². The Morgan fingerprint density at radius 2 is 1.85 bits per heavy atom. The number of rotatable bonds is 8. The summed E-state index contributed by atoms with van der Waals surface area (Å²) in [6.07, 6.45) is 6.67. The van der Waals surface area contributed by atoms with Crippen molar-refractivity contribution in [1.29, 1.82) is 5.26 Å². The first kappa shape index (κ1) is 28.8. The second-order valence-electron chi connectivity index (χ2n) is 12.0. The molecule has 214 valence electrons. The van der Waals surface area contributed by atoms with E-state index in [0.29, 0.717) is 22.1 Å². The number of hydrogen-bond acceptors (Lipinski definition) is 7. The number of anilines is 2. The highest BCUT2D eigenvalue weighted by Gasteiger charge is 2.29. The van der Waals surface area contributed by atoms with E-state index in [1.807, 2.05) is 35.0 Å². The van der Waals surface area contributed by atoms with Crippen LogP contribution in [0.15, 0.2) is 54.9 Å². The second kappa shape index (κ2) is 12.1. The van der Waals surface area contributed by atoms with E-state index in [2.05, 4.69) is 89.8 Å². The zero-order chi connectivity index (χ0) is 29.1. The molecule has 0 aliphatic carbocycles. The molecule has 8 nitrogen and oxygen atoms in total. The molecule has 0 amide bonds. The van der Waals surface area contributed by atoms with Crippen LogP contribution in [0.2, 0.25) is 5.02 Å². The monoisotopic (exact) mass is 570 g/mol. The van der Waals surface area contributed by atoms with Crippen molar-refractivity contribution >= 4 is 33.9 Å². The summed E-state index contributed by atoms with van der Waals surface area (Å²) in [5.41, 5.74) is 4.80. The van der Waals surface area contributed by atoms with Gasteiger partial charge in [-0.15, -0.1) is 5.10 Å². The maximum atomic E-state index is 9.81. The van der Waals surface area contributed by atoms with Crippen molar-refractivity contribution in [3.63, 3.8) is 0 Å². The third-order valence-corrected chi connectivity index (χ3v) is 8.39. The van der Waals surface area contributed by atoms with Gasteiger partial charge in [0.15, 0.2) is 0 Å². The first-order chi connectivity index (χ1) is 19.7. The number of likely N-dealkylation sites (tertiary alicyclic amines) is 1. The number of nitrogens with zero attached hydrogens (tertiary/aromatic N) is 6. The van der Waals surface area contributed by atoms with Crippen LogP contribution in [-0.2, 0) is 0 Å². The minimum Gasteiger partial charge on any atom is -0.381 e. The molecule has 1 saturated heterocycles. The fourth-order valence-corrected chi connectivity index (χ4v) is 5.74. The number of fused-ring (bicyclic) bond motifs is 1. The number of piperidine rings is 1. The van der Waals surface area contributed by atoms with Crippen LogP contribution in [0.5, 0.6) is 0 Å². The van der Waals surface area contributed by atoms with Gasteiger partial charge in [0.2, 0.25) is 0 Å². The van der Waals surface area contributed by atoms with E-state index in [1.165, 1.54) is 0 Å². The van der Waals surface area contributed by atoms with Gasteiger partial charge in [-0.3, -0.25) is 9.88 Å². The Morgan fingerprint density at radius 1 is 1.12 bits per heavy atom. The molecule has 2 N–H and O–H groups in total. The molecule has 2 atom stereocenters. The van der Waals surface area contributed by atoms with Crippen molar-refractivity contribution in [2.45, 2.75) is 77.5 Å². The van der Waals surface area contributed by atoms with Crippen LogP contribution < -0.4 is 10.6 Å². The molecule has 0 spiro atoms. The number of nitrogens with one attached hydrogen (secondary N) is 2. The number of benzene rings is 2. The van der Waals surface area contributed by atoms with Crippen molar-refractivity contribution in [3.8, 4) is 6.07 Å². The molecule has 0 bridgehead atoms. The topological polar surface area (TPSA) is 94.7 Å². The maximum absolute atomic E-state index is 9.81. The summed E-state index contributed by atoms with van der Waals surface area (Å²) in [6, 6.07) is 16.7. The normalized spacial score (nSPS) is 16.3. The lowest BCUT2D eigenvalue weighted by molar-refractivity contribution is 0.0866. The van der Waals surface area contributed by atoms with E-state index >= 15 is 0 Å². The molecule has 4 aromatic rings. The minimum atomic E-state index is -0.244. The van der Waals surface area contributed by atoms with Gasteiger partial charge >= 0.3 is 0 Å². The van der Waals surface area contributed by atoms with E-state index < -0.39 is 0 Å². The molecule has 1 aliphatic heterocycles. The highest BCUT2D eigenvalue weighted by Crippen LogP contribution is 2.36. The maximum Gasteiger partial charge on any atom is 0.109 e. The zero-order valence-electron chi connectivity index (χ0n) is 24.5. The third kappa shape index (κ3) is 6.32. The highest BCUT2D eigenvalue weighted by atomic mass is 35.5. The van der Waals surface area contributed by atoms with Gasteiger partial charge in [-0.2, -0.15) is 5.26 Å². The van der Waals surface area contributed by atoms with Crippen molar-refractivity contribution in [2.24, 2.45) is 0 Å². The van der Waals surface area contributed by atoms with Crippen molar-refractivity contribution in [2.75, 3.05) is 23.7 Å². The number of pyridine rings is 1. The quantitative estimate of drug-likeness (QED) is 0.231. The standard InChI is InChI=1S/C32H39ClN8/c1-6-21(2)36-29-23(18-34)19-35-31-26(29)16-24(17-27(31)33)37-30(22-10-8-7-9-11-22)28-20-41(39-38-28)25-12-14-40(15-13-25)32(3,4)5/h7-11,16-17,19-21,25,30,37H,6,12-15H2,1-5H3,(H,35,36)/t21-,30+/m1/s1. The highest BCUT2D eigenvalue weighted by molar-refractivity contribution is 6.35. The summed E-state index contributed by atoms with van der Waals surface area (Å²) >= 11 is 6.78. The van der Waals surface area contributed by atoms with Crippen molar-refractivity contribution < 1.29 is 0 Å². The molecule has 1 aliphatic rings. The number of hydrogen-bond donors (Lipinski definition) is 2. The van der Waals surface area contributed by atoms with E-state index in [4.69, 9.17) is 11.6 Å². The Balaban J connectivity index is 1.48. The van der Waals surface area contributed by atoms with Crippen LogP contribution in [-0.4, -0.2) is 49.5 Å².